The molecule has 84 valence electrons. The van der Waals surface area contributed by atoms with E-state index in [1.54, 1.807) is 0 Å². The monoisotopic (exact) mass is 216 g/mol. The minimum atomic E-state index is -0.708. The van der Waals surface area contributed by atoms with Gasteiger partial charge in [0, 0.05) is 13.1 Å². The number of ether oxygens (including phenoxy) is 1. The first-order valence-electron chi connectivity index (χ1n) is 4.28. The molecule has 7 nitrogen and oxygen atoms in total. The molecule has 2 amide bonds. The summed E-state index contributed by atoms with van der Waals surface area (Å²) in [5.74, 6) is -1.42. The second kappa shape index (κ2) is 8.67. The van der Waals surface area contributed by atoms with E-state index >= 15 is 0 Å². The first kappa shape index (κ1) is 13.1. The molecule has 0 radical (unpaired) electrons. The van der Waals surface area contributed by atoms with Crippen molar-refractivity contribution in [3.05, 3.63) is 0 Å². The van der Waals surface area contributed by atoms with E-state index in [2.05, 4.69) is 15.4 Å². The van der Waals surface area contributed by atoms with Crippen molar-refractivity contribution in [1.29, 1.82) is 0 Å². The number of carbonyl (C=O) groups is 4. The van der Waals surface area contributed by atoms with E-state index in [0.29, 0.717) is 12.8 Å². The Bertz CT molecular complexity index is 217. The maximum atomic E-state index is 10.9. The molecule has 7 heteroatoms. The molecule has 15 heavy (non-hydrogen) atoms. The third-order valence-electron chi connectivity index (χ3n) is 1.34. The zero-order chi connectivity index (χ0) is 11.5. The van der Waals surface area contributed by atoms with Crippen LogP contribution in [-0.4, -0.2) is 37.8 Å². The van der Waals surface area contributed by atoms with Gasteiger partial charge < -0.3 is 15.4 Å². The summed E-state index contributed by atoms with van der Waals surface area (Å²) < 4.78 is 4.35. The van der Waals surface area contributed by atoms with Crippen molar-refractivity contribution < 1.29 is 23.9 Å². The summed E-state index contributed by atoms with van der Waals surface area (Å²) in [6.07, 6.45) is 0.767. The topological polar surface area (TPSA) is 102 Å². The van der Waals surface area contributed by atoms with Gasteiger partial charge in [-0.1, -0.05) is 0 Å². The lowest BCUT2D eigenvalue weighted by atomic mass is 10.4. The van der Waals surface area contributed by atoms with Crippen molar-refractivity contribution in [2.75, 3.05) is 13.1 Å². The second-order valence-corrected chi connectivity index (χ2v) is 2.49. The van der Waals surface area contributed by atoms with Crippen LogP contribution in [0.5, 0.6) is 0 Å². The summed E-state index contributed by atoms with van der Waals surface area (Å²) in [6, 6.07) is 0. The van der Waals surface area contributed by atoms with Gasteiger partial charge in [-0.25, -0.2) is 0 Å². The average Bonchev–Trinajstić information content (AvgIpc) is 2.18. The molecule has 0 unspecified atom stereocenters. The number of carbonyl (C=O) groups excluding carboxylic acids is 4. The van der Waals surface area contributed by atoms with Gasteiger partial charge in [-0.05, 0) is 0 Å². The summed E-state index contributed by atoms with van der Waals surface area (Å²) in [7, 11) is 0. The Labute approximate surface area is 86.2 Å². The van der Waals surface area contributed by atoms with Gasteiger partial charge in [0.1, 0.15) is 0 Å². The maximum absolute atomic E-state index is 10.9. The normalized spacial score (nSPS) is 8.80. The van der Waals surface area contributed by atoms with Crippen LogP contribution in [0.2, 0.25) is 0 Å². The van der Waals surface area contributed by atoms with Crippen molar-refractivity contribution in [3.8, 4) is 0 Å². The molecule has 0 aliphatic carbocycles. The van der Waals surface area contributed by atoms with Crippen molar-refractivity contribution in [2.24, 2.45) is 0 Å². The highest BCUT2D eigenvalue weighted by Crippen LogP contribution is 1.89. The fourth-order valence-corrected chi connectivity index (χ4v) is 0.695. The molecule has 0 atom stereocenters. The largest absolute Gasteiger partial charge is 0.393 e. The van der Waals surface area contributed by atoms with Crippen LogP contribution >= 0.6 is 0 Å². The molecule has 0 saturated heterocycles. The van der Waals surface area contributed by atoms with Crippen LogP contribution in [0.1, 0.15) is 12.8 Å². The van der Waals surface area contributed by atoms with Crippen LogP contribution in [0.25, 0.3) is 0 Å². The minimum Gasteiger partial charge on any atom is -0.393 e. The molecular formula is C8H12N2O5. The lowest BCUT2D eigenvalue weighted by Crippen LogP contribution is -2.22. The highest BCUT2D eigenvalue weighted by Gasteiger charge is 2.09. The number of rotatable bonds is 8. The lowest BCUT2D eigenvalue weighted by molar-refractivity contribution is -0.159. The first-order chi connectivity index (χ1) is 7.20. The SMILES string of the molecule is O=CNCCC(=O)OC(=O)CCNC=O. The van der Waals surface area contributed by atoms with Gasteiger partial charge in [0.05, 0.1) is 12.8 Å². The fourth-order valence-electron chi connectivity index (χ4n) is 0.695. The van der Waals surface area contributed by atoms with Crippen LogP contribution in [-0.2, 0) is 23.9 Å². The van der Waals surface area contributed by atoms with Crippen molar-refractivity contribution in [2.45, 2.75) is 12.8 Å². The Hall–Kier alpha value is -1.92. The smallest absolute Gasteiger partial charge is 0.315 e. The van der Waals surface area contributed by atoms with Crippen LogP contribution in [0, 0.1) is 0 Å². The highest BCUT2D eigenvalue weighted by atomic mass is 16.6. The van der Waals surface area contributed by atoms with Crippen molar-refractivity contribution >= 4 is 24.8 Å². The standard InChI is InChI=1S/C8H12N2O5/c11-5-9-3-1-7(13)15-8(14)2-4-10-6-12/h5-6H,1-4H2,(H,9,11)(H,10,12). The predicted octanol–water partition coefficient (Wildman–Crippen LogP) is -1.67. The quantitative estimate of drug-likeness (QED) is 0.218. The second-order valence-electron chi connectivity index (χ2n) is 2.49. The molecule has 0 bridgehead atoms. The summed E-state index contributed by atoms with van der Waals surface area (Å²) >= 11 is 0. The van der Waals surface area contributed by atoms with Gasteiger partial charge >= 0.3 is 11.9 Å². The zero-order valence-corrected chi connectivity index (χ0v) is 8.02. The number of esters is 2. The summed E-state index contributed by atoms with van der Waals surface area (Å²) in [5, 5.41) is 4.51. The lowest BCUT2D eigenvalue weighted by Gasteiger charge is -2.02. The fraction of sp³-hybridized carbons (Fsp3) is 0.500. The zero-order valence-electron chi connectivity index (χ0n) is 8.02. The van der Waals surface area contributed by atoms with Gasteiger partial charge in [0.2, 0.25) is 12.8 Å². The molecule has 0 aromatic rings. The van der Waals surface area contributed by atoms with E-state index in [0.717, 1.165) is 0 Å². The van der Waals surface area contributed by atoms with E-state index in [9.17, 15) is 19.2 Å². The Kier molecular flexibility index (Phi) is 7.56. The third-order valence-corrected chi connectivity index (χ3v) is 1.34. The summed E-state index contributed by atoms with van der Waals surface area (Å²) in [6.45, 7) is 0.254. The molecule has 0 aliphatic rings. The Morgan fingerprint density at radius 3 is 1.67 bits per heavy atom. The number of amides is 2. The van der Waals surface area contributed by atoms with E-state index in [4.69, 9.17) is 0 Å². The van der Waals surface area contributed by atoms with E-state index in [-0.39, 0.29) is 25.9 Å². The molecule has 0 rings (SSSR count). The Morgan fingerprint density at radius 1 is 0.933 bits per heavy atom. The van der Waals surface area contributed by atoms with Gasteiger partial charge in [-0.3, -0.25) is 19.2 Å². The molecule has 0 fully saturated rings. The molecule has 2 N–H and O–H groups in total. The predicted molar refractivity (Wildman–Crippen MR) is 48.5 cm³/mol. The van der Waals surface area contributed by atoms with Crippen LogP contribution in [0.15, 0.2) is 0 Å². The molecular weight excluding hydrogens is 204 g/mol. The average molecular weight is 216 g/mol. The Balaban J connectivity index is 3.52. The van der Waals surface area contributed by atoms with Crippen LogP contribution < -0.4 is 10.6 Å². The minimum absolute atomic E-state index is 0.0639. The van der Waals surface area contributed by atoms with E-state index in [1.165, 1.54) is 0 Å². The summed E-state index contributed by atoms with van der Waals surface area (Å²) in [5.41, 5.74) is 0. The number of hydrogen-bond acceptors (Lipinski definition) is 5. The maximum Gasteiger partial charge on any atom is 0.315 e. The van der Waals surface area contributed by atoms with Crippen LogP contribution in [0.3, 0.4) is 0 Å². The number of hydrogen-bond donors (Lipinski definition) is 2. The first-order valence-corrected chi connectivity index (χ1v) is 4.28. The molecule has 0 aromatic heterocycles. The molecule has 0 aliphatic heterocycles. The highest BCUT2D eigenvalue weighted by molar-refractivity contribution is 5.85. The van der Waals surface area contributed by atoms with Crippen LogP contribution in [0.4, 0.5) is 0 Å². The van der Waals surface area contributed by atoms with Gasteiger partial charge in [-0.15, -0.1) is 0 Å². The molecule has 0 heterocycles. The summed E-state index contributed by atoms with van der Waals surface area (Å²) in [4.78, 5) is 41.4. The number of nitrogens with one attached hydrogen (secondary N) is 2. The van der Waals surface area contributed by atoms with E-state index < -0.39 is 11.9 Å². The van der Waals surface area contributed by atoms with Crippen molar-refractivity contribution in [3.63, 3.8) is 0 Å². The molecule has 0 spiro atoms. The third kappa shape index (κ3) is 8.41. The van der Waals surface area contributed by atoms with Gasteiger partial charge in [0.15, 0.2) is 0 Å². The Morgan fingerprint density at radius 2 is 1.33 bits per heavy atom. The van der Waals surface area contributed by atoms with Gasteiger partial charge in [0.25, 0.3) is 0 Å². The van der Waals surface area contributed by atoms with Gasteiger partial charge in [-0.2, -0.15) is 0 Å². The van der Waals surface area contributed by atoms with Crippen molar-refractivity contribution in [1.82, 2.24) is 10.6 Å². The molecule has 0 aromatic carbocycles. The molecule has 0 saturated carbocycles. The van der Waals surface area contributed by atoms with E-state index in [1.807, 2.05) is 0 Å².